The topological polar surface area (TPSA) is 182 Å². The summed E-state index contributed by atoms with van der Waals surface area (Å²) in [6, 6.07) is 0. The Morgan fingerprint density at radius 2 is 0.727 bits per heavy atom. The second-order valence-electron chi connectivity index (χ2n) is 0.204. The van der Waals surface area contributed by atoms with Gasteiger partial charge in [0.05, 0.1) is 10.3 Å². The van der Waals surface area contributed by atoms with Crippen molar-refractivity contribution in [1.82, 2.24) is 0 Å². The van der Waals surface area contributed by atoms with Gasteiger partial charge >= 0.3 is 16.8 Å². The third kappa shape index (κ3) is 219000. The van der Waals surface area contributed by atoms with Gasteiger partial charge in [-0.2, -0.15) is 0 Å². The molecule has 0 aromatic carbocycles. The van der Waals surface area contributed by atoms with Crippen LogP contribution in [0.2, 0.25) is 0 Å². The van der Waals surface area contributed by atoms with Gasteiger partial charge in [-0.25, -0.2) is 10.8 Å². The maximum absolute atomic E-state index is 5.77. The Morgan fingerprint density at radius 1 is 0.727 bits per heavy atom. The molecule has 0 atom stereocenters. The van der Waals surface area contributed by atoms with E-state index >= 15 is 0 Å². The summed E-state index contributed by atoms with van der Waals surface area (Å²) in [7, 11) is 0. The minimum Gasteiger partial charge on any atom is -0.693 e. The smallest absolute Gasteiger partial charge is 0.693 e. The van der Waals surface area contributed by atoms with Crippen LogP contribution in [0.5, 0.6) is 0 Å². The van der Waals surface area contributed by atoms with Gasteiger partial charge in [-0.15, -0.1) is 0 Å². The van der Waals surface area contributed by atoms with Crippen molar-refractivity contribution < 1.29 is 16.8 Å². The molecule has 0 rings (SSSR count). The van der Waals surface area contributed by atoms with E-state index in [0.717, 1.165) is 0 Å². The predicted molar refractivity (Wildman–Crippen MR) is 51.8 cm³/mol. The molecule has 0 aliphatic rings. The molecule has 0 aromatic rings. The summed E-state index contributed by atoms with van der Waals surface area (Å²) in [4.78, 5) is 0. The van der Waals surface area contributed by atoms with E-state index in [-0.39, 0.29) is 41.4 Å². The Kier molecular flexibility index (Phi) is 1330. The molecule has 10 N–H and O–H groups in total. The number of rotatable bonds is 0. The van der Waals surface area contributed by atoms with Crippen molar-refractivity contribution >= 4 is 34.8 Å². The molecular formula is C2H10CoN6S2-. The summed E-state index contributed by atoms with van der Waals surface area (Å²) in [5, 5.41) is 14.7. The Bertz CT molecular complexity index is 72.6. The van der Waals surface area contributed by atoms with E-state index in [1.165, 1.54) is 0 Å². The van der Waals surface area contributed by atoms with Gasteiger partial charge in [0.15, 0.2) is 0 Å². The molecule has 0 bridgehead atoms. The summed E-state index contributed by atoms with van der Waals surface area (Å²) in [5.41, 5.74) is 0. The van der Waals surface area contributed by atoms with E-state index in [4.69, 9.17) is 10.8 Å². The van der Waals surface area contributed by atoms with Crippen molar-refractivity contribution in [2.24, 2.45) is 0 Å². The van der Waals surface area contributed by atoms with Crippen molar-refractivity contribution in [2.75, 3.05) is 0 Å². The SMILES string of the molecule is N=C=S.N=C=S.[Co+3].[NH2-].[NH2-].[NH2-].[NH2-]. The summed E-state index contributed by atoms with van der Waals surface area (Å²) >= 11 is 7.62. The molecule has 70 valence electrons. The fourth-order valence-corrected chi connectivity index (χ4v) is 0. The third-order valence-electron chi connectivity index (χ3n) is 0. The molecule has 0 saturated carbocycles. The second kappa shape index (κ2) is 210. The number of isothiocyanates is 2. The number of hydrogen-bond donors (Lipinski definition) is 2. The quantitative estimate of drug-likeness (QED) is 0.476. The van der Waals surface area contributed by atoms with Gasteiger partial charge in [0, 0.05) is 0 Å². The van der Waals surface area contributed by atoms with Gasteiger partial charge in [0.25, 0.3) is 0 Å². The molecule has 9 heteroatoms. The molecule has 0 unspecified atom stereocenters. The van der Waals surface area contributed by atoms with Gasteiger partial charge in [0.1, 0.15) is 0 Å². The molecule has 0 amide bonds. The maximum Gasteiger partial charge on any atom is 3.00 e. The Morgan fingerprint density at radius 3 is 0.727 bits per heavy atom. The first-order valence-corrected chi connectivity index (χ1v) is 1.72. The van der Waals surface area contributed by atoms with Crippen LogP contribution in [0.1, 0.15) is 0 Å². The molecule has 0 radical (unpaired) electrons. The van der Waals surface area contributed by atoms with E-state index in [1.807, 2.05) is 0 Å². The van der Waals surface area contributed by atoms with E-state index < -0.39 is 0 Å². The zero-order valence-electron chi connectivity index (χ0n) is 5.46. The van der Waals surface area contributed by atoms with Crippen LogP contribution in [-0.4, -0.2) is 10.3 Å². The van der Waals surface area contributed by atoms with Crippen molar-refractivity contribution in [3.05, 3.63) is 24.6 Å². The zero-order valence-corrected chi connectivity index (χ0v) is 8.13. The molecule has 0 spiro atoms. The first-order valence-electron chi connectivity index (χ1n) is 0.908. The first kappa shape index (κ1) is 69.5. The van der Waals surface area contributed by atoms with Gasteiger partial charge in [0.2, 0.25) is 0 Å². The van der Waals surface area contributed by atoms with Crippen LogP contribution in [0.25, 0.3) is 24.6 Å². The number of thiocarbonyl (C=S) groups is 2. The number of hydrogen-bond acceptors (Lipinski definition) is 4. The molecule has 0 heterocycles. The van der Waals surface area contributed by atoms with E-state index in [0.29, 0.717) is 0 Å². The minimum atomic E-state index is 0. The maximum atomic E-state index is 5.77. The molecule has 11 heavy (non-hydrogen) atoms. The van der Waals surface area contributed by atoms with Gasteiger partial charge in [-0.3, -0.25) is 0 Å². The van der Waals surface area contributed by atoms with E-state index in [2.05, 4.69) is 24.4 Å². The largest absolute Gasteiger partial charge is 3.00 e. The van der Waals surface area contributed by atoms with Crippen LogP contribution in [-0.2, 0) is 16.8 Å². The summed E-state index contributed by atoms with van der Waals surface area (Å²) in [6.07, 6.45) is 0. The monoisotopic (exact) mass is 241 g/mol. The fraction of sp³-hybridized carbons (Fsp3) is 0. The van der Waals surface area contributed by atoms with Crippen LogP contribution < -0.4 is 0 Å². The predicted octanol–water partition coefficient (Wildman–Crippen LogP) is 4.20. The van der Waals surface area contributed by atoms with E-state index in [1.54, 1.807) is 10.3 Å². The van der Waals surface area contributed by atoms with E-state index in [9.17, 15) is 0 Å². The molecule has 0 fully saturated rings. The second-order valence-corrected chi connectivity index (χ2v) is 0.612. The number of nitrogens with two attached hydrogens (primary N) is 4. The summed E-state index contributed by atoms with van der Waals surface area (Å²) in [6.45, 7) is 0. The number of nitrogens with one attached hydrogen (secondary N) is 2. The standard InChI is InChI=1S/2CHNS.Co.4H2N/c2*2-1-3;;;;;/h2*2H;;4*1H2/q;;+3;4*-1. The van der Waals surface area contributed by atoms with Crippen LogP contribution in [0.4, 0.5) is 0 Å². The molecule has 0 aliphatic heterocycles. The summed E-state index contributed by atoms with van der Waals surface area (Å²) < 4.78 is 0. The molecule has 0 aromatic heterocycles. The Labute approximate surface area is 87.1 Å². The van der Waals surface area contributed by atoms with Gasteiger partial charge in [-0.05, 0) is 24.4 Å². The van der Waals surface area contributed by atoms with Gasteiger partial charge < -0.3 is 24.6 Å². The third-order valence-corrected chi connectivity index (χ3v) is 0. The minimum absolute atomic E-state index is 0. The zero-order chi connectivity index (χ0) is 5.41. The fourth-order valence-electron chi connectivity index (χ4n) is 0. The van der Waals surface area contributed by atoms with Crippen LogP contribution in [0.3, 0.4) is 0 Å². The average Bonchev–Trinajstić information content (AvgIpc) is 1.39. The molecule has 0 aliphatic carbocycles. The molecular weight excluding hydrogens is 231 g/mol. The van der Waals surface area contributed by atoms with Crippen molar-refractivity contribution in [3.8, 4) is 0 Å². The van der Waals surface area contributed by atoms with Crippen LogP contribution in [0.15, 0.2) is 0 Å². The Balaban J connectivity index is -0.00000000400. The average molecular weight is 241 g/mol. The van der Waals surface area contributed by atoms with Crippen LogP contribution in [0, 0.1) is 10.8 Å². The first-order chi connectivity index (χ1) is 2.83. The summed E-state index contributed by atoms with van der Waals surface area (Å²) in [5.74, 6) is 0. The van der Waals surface area contributed by atoms with Gasteiger partial charge in [-0.1, -0.05) is 0 Å². The molecule has 0 saturated heterocycles. The van der Waals surface area contributed by atoms with Crippen LogP contribution >= 0.6 is 24.4 Å². The molecule has 6 nitrogen and oxygen atoms in total. The van der Waals surface area contributed by atoms with Crippen molar-refractivity contribution in [3.63, 3.8) is 0 Å². The Hall–Kier alpha value is -0.0535. The van der Waals surface area contributed by atoms with Crippen molar-refractivity contribution in [2.45, 2.75) is 0 Å². The van der Waals surface area contributed by atoms with Crippen molar-refractivity contribution in [1.29, 1.82) is 10.8 Å². The normalized spacial score (nSPS) is 1.45.